The third kappa shape index (κ3) is 6.87. The number of hydrogen-bond acceptors (Lipinski definition) is 8. The smallest absolute Gasteiger partial charge is 0.343 e. The molecule has 41 heavy (non-hydrogen) atoms. The van der Waals surface area contributed by atoms with Crippen molar-refractivity contribution < 1.29 is 39.8 Å². The SMILES string of the molecule is CCc1c(OS(=O)(=O)c2ccc(C)cc2)cc(OS(=O)(=O)c2ccc(C)cc2)c(C(=O)O)c1OCc1ccccc1. The van der Waals surface area contributed by atoms with E-state index in [4.69, 9.17) is 13.1 Å². The number of rotatable bonds is 11. The molecular formula is C30H28O9S2. The number of carboxylic acids is 1. The van der Waals surface area contributed by atoms with E-state index in [0.717, 1.165) is 17.2 Å². The first-order chi connectivity index (χ1) is 19.4. The Morgan fingerprint density at radius 3 is 1.68 bits per heavy atom. The Balaban J connectivity index is 1.88. The normalized spacial score (nSPS) is 11.6. The van der Waals surface area contributed by atoms with E-state index in [1.54, 1.807) is 75.4 Å². The van der Waals surface area contributed by atoms with Gasteiger partial charge in [-0.05, 0) is 50.1 Å². The minimum absolute atomic E-state index is 0.0908. The summed E-state index contributed by atoms with van der Waals surface area (Å²) < 4.78 is 69.5. The molecule has 0 atom stereocenters. The molecular weight excluding hydrogens is 568 g/mol. The fourth-order valence-electron chi connectivity index (χ4n) is 3.96. The summed E-state index contributed by atoms with van der Waals surface area (Å²) in [6.45, 7) is 5.14. The highest BCUT2D eigenvalue weighted by Gasteiger charge is 2.31. The maximum absolute atomic E-state index is 13.2. The summed E-state index contributed by atoms with van der Waals surface area (Å²) in [5.41, 5.74) is 1.84. The lowest BCUT2D eigenvalue weighted by Gasteiger charge is -2.20. The molecule has 0 amide bonds. The predicted octanol–water partition coefficient (Wildman–Crippen LogP) is 5.68. The molecule has 0 saturated carbocycles. The molecule has 4 aromatic rings. The molecule has 0 aliphatic heterocycles. The highest BCUT2D eigenvalue weighted by molar-refractivity contribution is 7.87. The van der Waals surface area contributed by atoms with E-state index in [2.05, 4.69) is 0 Å². The topological polar surface area (TPSA) is 133 Å². The number of carboxylic acid groups (broad SMARTS) is 1. The van der Waals surface area contributed by atoms with Crippen LogP contribution >= 0.6 is 0 Å². The molecule has 9 nitrogen and oxygen atoms in total. The van der Waals surface area contributed by atoms with E-state index in [1.165, 1.54) is 24.3 Å². The van der Waals surface area contributed by atoms with Crippen molar-refractivity contribution in [2.45, 2.75) is 43.6 Å². The number of aromatic carboxylic acids is 1. The fourth-order valence-corrected chi connectivity index (χ4v) is 5.85. The lowest BCUT2D eigenvalue weighted by molar-refractivity contribution is 0.0689. The number of carbonyl (C=O) groups is 1. The van der Waals surface area contributed by atoms with E-state index in [1.807, 2.05) is 0 Å². The minimum atomic E-state index is -4.53. The molecule has 0 bridgehead atoms. The van der Waals surface area contributed by atoms with Gasteiger partial charge in [0.1, 0.15) is 27.7 Å². The Morgan fingerprint density at radius 1 is 0.732 bits per heavy atom. The van der Waals surface area contributed by atoms with Crippen LogP contribution in [0.25, 0.3) is 0 Å². The molecule has 0 spiro atoms. The Bertz CT molecular complexity index is 1760. The average molecular weight is 597 g/mol. The van der Waals surface area contributed by atoms with Crippen molar-refractivity contribution in [3.63, 3.8) is 0 Å². The van der Waals surface area contributed by atoms with Gasteiger partial charge in [0, 0.05) is 11.6 Å². The molecule has 11 heteroatoms. The number of hydrogen-bond donors (Lipinski definition) is 1. The molecule has 214 valence electrons. The quantitative estimate of drug-likeness (QED) is 0.217. The summed E-state index contributed by atoms with van der Waals surface area (Å²) in [7, 11) is -8.94. The summed E-state index contributed by atoms with van der Waals surface area (Å²) in [5.74, 6) is -2.79. The van der Waals surface area contributed by atoms with Crippen LogP contribution in [0.4, 0.5) is 0 Å². The van der Waals surface area contributed by atoms with Crippen LogP contribution < -0.4 is 13.1 Å². The van der Waals surface area contributed by atoms with Gasteiger partial charge in [0.15, 0.2) is 11.5 Å². The summed E-state index contributed by atoms with van der Waals surface area (Å²) in [6, 6.07) is 21.5. The second-order valence-electron chi connectivity index (χ2n) is 9.19. The molecule has 1 N–H and O–H groups in total. The maximum Gasteiger partial charge on any atom is 0.343 e. The van der Waals surface area contributed by atoms with Crippen LogP contribution in [0.15, 0.2) is 94.7 Å². The first-order valence-electron chi connectivity index (χ1n) is 12.5. The van der Waals surface area contributed by atoms with Crippen molar-refractivity contribution in [2.24, 2.45) is 0 Å². The summed E-state index contributed by atoms with van der Waals surface area (Å²) in [4.78, 5) is 12.2. The monoisotopic (exact) mass is 596 g/mol. The van der Waals surface area contributed by atoms with Crippen LogP contribution in [0.1, 0.15) is 39.5 Å². The Hall–Kier alpha value is -4.35. The van der Waals surface area contributed by atoms with Crippen molar-refractivity contribution >= 4 is 26.2 Å². The molecule has 0 aliphatic rings. The molecule has 4 aromatic carbocycles. The summed E-state index contributed by atoms with van der Waals surface area (Å²) >= 11 is 0. The van der Waals surface area contributed by atoms with E-state index in [-0.39, 0.29) is 39.9 Å². The molecule has 0 heterocycles. The second-order valence-corrected chi connectivity index (χ2v) is 12.3. The lowest BCUT2D eigenvalue weighted by atomic mass is 10.0. The number of benzene rings is 4. The highest BCUT2D eigenvalue weighted by Crippen LogP contribution is 2.42. The van der Waals surface area contributed by atoms with Crippen LogP contribution in [-0.2, 0) is 33.3 Å². The van der Waals surface area contributed by atoms with E-state index < -0.39 is 37.5 Å². The Labute approximate surface area is 239 Å². The zero-order chi connectivity index (χ0) is 29.8. The van der Waals surface area contributed by atoms with Gasteiger partial charge in [-0.1, -0.05) is 72.6 Å². The van der Waals surface area contributed by atoms with Crippen molar-refractivity contribution in [2.75, 3.05) is 0 Å². The second kappa shape index (κ2) is 12.0. The van der Waals surface area contributed by atoms with E-state index in [0.29, 0.717) is 5.56 Å². The largest absolute Gasteiger partial charge is 0.487 e. The third-order valence-corrected chi connectivity index (χ3v) is 8.62. The van der Waals surface area contributed by atoms with Crippen molar-refractivity contribution in [3.8, 4) is 17.2 Å². The van der Waals surface area contributed by atoms with E-state index in [9.17, 15) is 26.7 Å². The van der Waals surface area contributed by atoms with Gasteiger partial charge in [0.25, 0.3) is 0 Å². The van der Waals surface area contributed by atoms with Crippen molar-refractivity contribution in [3.05, 3.63) is 113 Å². The van der Waals surface area contributed by atoms with Gasteiger partial charge >= 0.3 is 26.2 Å². The van der Waals surface area contributed by atoms with Gasteiger partial charge in [-0.25, -0.2) is 4.79 Å². The van der Waals surface area contributed by atoms with Crippen LogP contribution in [0.3, 0.4) is 0 Å². The first kappa shape index (κ1) is 29.6. The Morgan fingerprint density at radius 2 is 1.22 bits per heavy atom. The average Bonchev–Trinajstić information content (AvgIpc) is 2.92. The van der Waals surface area contributed by atoms with Crippen LogP contribution in [0.2, 0.25) is 0 Å². The molecule has 0 saturated heterocycles. The minimum Gasteiger partial charge on any atom is -0.487 e. The molecule has 0 aromatic heterocycles. The predicted molar refractivity (Wildman–Crippen MR) is 152 cm³/mol. The Kier molecular flexibility index (Phi) is 8.69. The number of ether oxygens (including phenoxy) is 1. The third-order valence-electron chi connectivity index (χ3n) is 6.12. The van der Waals surface area contributed by atoms with Crippen LogP contribution in [0, 0.1) is 13.8 Å². The molecule has 0 radical (unpaired) electrons. The van der Waals surface area contributed by atoms with Gasteiger partial charge < -0.3 is 18.2 Å². The van der Waals surface area contributed by atoms with Crippen LogP contribution in [0.5, 0.6) is 17.2 Å². The number of aryl methyl sites for hydroxylation is 2. The zero-order valence-corrected chi connectivity index (χ0v) is 24.2. The van der Waals surface area contributed by atoms with Gasteiger partial charge in [-0.3, -0.25) is 0 Å². The van der Waals surface area contributed by atoms with Crippen molar-refractivity contribution in [1.82, 2.24) is 0 Å². The fraction of sp³-hybridized carbons (Fsp3) is 0.167. The van der Waals surface area contributed by atoms with Crippen molar-refractivity contribution in [1.29, 1.82) is 0 Å². The van der Waals surface area contributed by atoms with Crippen LogP contribution in [-0.4, -0.2) is 27.9 Å². The molecule has 0 fully saturated rings. The van der Waals surface area contributed by atoms with Gasteiger partial charge in [-0.15, -0.1) is 0 Å². The van der Waals surface area contributed by atoms with Gasteiger partial charge in [-0.2, -0.15) is 16.8 Å². The first-order valence-corrected chi connectivity index (χ1v) is 15.3. The zero-order valence-electron chi connectivity index (χ0n) is 22.5. The van der Waals surface area contributed by atoms with Gasteiger partial charge in [0.2, 0.25) is 0 Å². The molecule has 4 rings (SSSR count). The maximum atomic E-state index is 13.2. The highest BCUT2D eigenvalue weighted by atomic mass is 32.2. The lowest BCUT2D eigenvalue weighted by Crippen LogP contribution is -2.17. The summed E-state index contributed by atoms with van der Waals surface area (Å²) in [5, 5.41) is 10.2. The molecule has 0 unspecified atom stereocenters. The van der Waals surface area contributed by atoms with E-state index >= 15 is 0 Å². The summed E-state index contributed by atoms with van der Waals surface area (Å²) in [6.07, 6.45) is 0.0914. The standard InChI is InChI=1S/C30H28O9S2/c1-4-25-26(38-40(33,34)23-14-10-20(2)11-15-23)18-27(39-41(35,36)24-16-12-21(3)13-17-24)28(30(31)32)29(25)37-19-22-8-6-5-7-9-22/h5-18H,4,19H2,1-3H3,(H,31,32). The van der Waals surface area contributed by atoms with Gasteiger partial charge in [0.05, 0.1) is 0 Å². The molecule has 0 aliphatic carbocycles.